The number of esters is 1. The van der Waals surface area contributed by atoms with Crippen molar-refractivity contribution in [2.75, 3.05) is 0 Å². The van der Waals surface area contributed by atoms with Crippen LogP contribution in [-0.4, -0.2) is 5.97 Å². The quantitative estimate of drug-likeness (QED) is 0.632. The first kappa shape index (κ1) is 14.8. The molecule has 0 aliphatic rings. The van der Waals surface area contributed by atoms with Gasteiger partial charge in [0.1, 0.15) is 5.75 Å². The number of nitriles is 1. The molecule has 3 nitrogen and oxygen atoms in total. The molecule has 0 aliphatic carbocycles. The fourth-order valence-corrected chi connectivity index (χ4v) is 2.13. The van der Waals surface area contributed by atoms with Crippen LogP contribution in [-0.2, 0) is 6.42 Å². The van der Waals surface area contributed by atoms with Gasteiger partial charge < -0.3 is 4.74 Å². The molecule has 2 aromatic rings. The molecule has 0 spiro atoms. The highest BCUT2D eigenvalue weighted by Crippen LogP contribution is 2.26. The number of nitrogens with zero attached hydrogens (tertiary/aromatic N) is 1. The van der Waals surface area contributed by atoms with E-state index in [1.54, 1.807) is 18.2 Å². The Labute approximate surface area is 124 Å². The van der Waals surface area contributed by atoms with Crippen LogP contribution < -0.4 is 4.74 Å². The number of aryl methyl sites for hydroxylation is 2. The van der Waals surface area contributed by atoms with E-state index in [0.29, 0.717) is 11.3 Å². The summed E-state index contributed by atoms with van der Waals surface area (Å²) in [5.74, 6) is 0.220. The van der Waals surface area contributed by atoms with Gasteiger partial charge in [-0.15, -0.1) is 0 Å². The van der Waals surface area contributed by atoms with Gasteiger partial charge in [-0.05, 0) is 55.2 Å². The minimum atomic E-state index is -0.397. The Kier molecular flexibility index (Phi) is 4.39. The predicted octanol–water partition coefficient (Wildman–Crippen LogP) is 3.90. The number of hydrogen-bond donors (Lipinski definition) is 0. The Balaban J connectivity index is 2.29. The molecule has 0 aliphatic heterocycles. The van der Waals surface area contributed by atoms with E-state index in [-0.39, 0.29) is 6.42 Å². The third-order valence-electron chi connectivity index (χ3n) is 3.51. The van der Waals surface area contributed by atoms with Gasteiger partial charge in [0.2, 0.25) is 0 Å². The molecule has 3 heteroatoms. The highest BCUT2D eigenvalue weighted by Gasteiger charge is 2.13. The zero-order valence-electron chi connectivity index (χ0n) is 12.4. The van der Waals surface area contributed by atoms with Gasteiger partial charge in [0.25, 0.3) is 0 Å². The topological polar surface area (TPSA) is 50.1 Å². The fourth-order valence-electron chi connectivity index (χ4n) is 2.13. The van der Waals surface area contributed by atoms with E-state index in [1.807, 2.05) is 39.0 Å². The minimum absolute atomic E-state index is 0.281. The molecule has 0 bridgehead atoms. The first-order chi connectivity index (χ1) is 10.0. The van der Waals surface area contributed by atoms with Gasteiger partial charge >= 0.3 is 5.97 Å². The molecule has 0 aromatic heterocycles. The summed E-state index contributed by atoms with van der Waals surface area (Å²) in [4.78, 5) is 12.3. The van der Waals surface area contributed by atoms with Crippen molar-refractivity contribution in [1.29, 1.82) is 5.26 Å². The van der Waals surface area contributed by atoms with Crippen LogP contribution in [0.3, 0.4) is 0 Å². The van der Waals surface area contributed by atoms with Gasteiger partial charge in [-0.2, -0.15) is 5.26 Å². The summed E-state index contributed by atoms with van der Waals surface area (Å²) in [6, 6.07) is 13.0. The van der Waals surface area contributed by atoms with Gasteiger partial charge in [-0.3, -0.25) is 0 Å². The molecule has 0 heterocycles. The lowest BCUT2D eigenvalue weighted by molar-refractivity contribution is 0.0732. The molecule has 0 atom stereocenters. The summed E-state index contributed by atoms with van der Waals surface area (Å²) in [7, 11) is 0. The number of ether oxygens (including phenoxy) is 1. The smallest absolute Gasteiger partial charge is 0.343 e. The maximum Gasteiger partial charge on any atom is 0.343 e. The van der Waals surface area contributed by atoms with Crippen molar-refractivity contribution < 1.29 is 9.53 Å². The molecule has 0 saturated heterocycles. The zero-order valence-corrected chi connectivity index (χ0v) is 12.4. The minimum Gasteiger partial charge on any atom is -0.422 e. The van der Waals surface area contributed by atoms with Crippen molar-refractivity contribution in [3.8, 4) is 11.8 Å². The molecule has 0 amide bonds. The molecule has 21 heavy (non-hydrogen) atoms. The highest BCUT2D eigenvalue weighted by atomic mass is 16.5. The van der Waals surface area contributed by atoms with Crippen LogP contribution in [0.25, 0.3) is 0 Å². The van der Waals surface area contributed by atoms with Crippen molar-refractivity contribution in [1.82, 2.24) is 0 Å². The Morgan fingerprint density at radius 3 is 2.57 bits per heavy atom. The third-order valence-corrected chi connectivity index (χ3v) is 3.51. The van der Waals surface area contributed by atoms with Gasteiger partial charge in [0.05, 0.1) is 18.1 Å². The SMILES string of the molecule is Cc1ccc(C)c(OC(=O)c2cccc(CC#N)c2)c1C. The van der Waals surface area contributed by atoms with E-state index in [9.17, 15) is 4.79 Å². The van der Waals surface area contributed by atoms with Gasteiger partial charge in [0, 0.05) is 0 Å². The van der Waals surface area contributed by atoms with E-state index in [2.05, 4.69) is 6.07 Å². The van der Waals surface area contributed by atoms with Crippen molar-refractivity contribution in [3.63, 3.8) is 0 Å². The second kappa shape index (κ2) is 6.23. The molecular weight excluding hydrogens is 262 g/mol. The summed E-state index contributed by atoms with van der Waals surface area (Å²) in [6.45, 7) is 5.85. The summed E-state index contributed by atoms with van der Waals surface area (Å²) in [6.07, 6.45) is 0.281. The third kappa shape index (κ3) is 3.29. The second-order valence-electron chi connectivity index (χ2n) is 5.08. The highest BCUT2D eigenvalue weighted by molar-refractivity contribution is 5.91. The predicted molar refractivity (Wildman–Crippen MR) is 81.4 cm³/mol. The first-order valence-electron chi connectivity index (χ1n) is 6.78. The summed E-state index contributed by atoms with van der Waals surface area (Å²) in [5, 5.41) is 8.72. The Morgan fingerprint density at radius 1 is 1.14 bits per heavy atom. The number of rotatable bonds is 3. The number of hydrogen-bond acceptors (Lipinski definition) is 3. The first-order valence-corrected chi connectivity index (χ1v) is 6.78. The van der Waals surface area contributed by atoms with E-state index in [1.165, 1.54) is 0 Å². The van der Waals surface area contributed by atoms with Crippen LogP contribution >= 0.6 is 0 Å². The van der Waals surface area contributed by atoms with Crippen LogP contribution in [0.15, 0.2) is 36.4 Å². The van der Waals surface area contributed by atoms with Crippen molar-refractivity contribution in [2.45, 2.75) is 27.2 Å². The standard InChI is InChI=1S/C18H17NO2/c1-12-7-8-13(2)17(14(12)3)21-18(20)16-6-4-5-15(11-16)9-10-19/h4-8,11H,9H2,1-3H3. The lowest BCUT2D eigenvalue weighted by Crippen LogP contribution is -2.11. The maximum absolute atomic E-state index is 12.3. The summed E-state index contributed by atoms with van der Waals surface area (Å²) < 4.78 is 5.55. The molecule has 106 valence electrons. The van der Waals surface area contributed by atoms with Crippen LogP contribution in [0.4, 0.5) is 0 Å². The van der Waals surface area contributed by atoms with Crippen molar-refractivity contribution in [2.24, 2.45) is 0 Å². The maximum atomic E-state index is 12.3. The Morgan fingerprint density at radius 2 is 1.86 bits per heavy atom. The molecule has 2 rings (SSSR count). The molecule has 0 unspecified atom stereocenters. The number of benzene rings is 2. The van der Waals surface area contributed by atoms with Crippen LogP contribution in [0.1, 0.15) is 32.6 Å². The van der Waals surface area contributed by atoms with Crippen LogP contribution in [0, 0.1) is 32.1 Å². The fraction of sp³-hybridized carbons (Fsp3) is 0.222. The lowest BCUT2D eigenvalue weighted by atomic mass is 10.1. The lowest BCUT2D eigenvalue weighted by Gasteiger charge is -2.12. The normalized spacial score (nSPS) is 10.0. The van der Waals surface area contributed by atoms with Crippen LogP contribution in [0.5, 0.6) is 5.75 Å². The van der Waals surface area contributed by atoms with Gasteiger partial charge in [-0.1, -0.05) is 24.3 Å². The van der Waals surface area contributed by atoms with E-state index >= 15 is 0 Å². The van der Waals surface area contributed by atoms with E-state index in [4.69, 9.17) is 10.00 Å². The molecule has 0 radical (unpaired) electrons. The molecular formula is C18H17NO2. The molecule has 0 fully saturated rings. The zero-order chi connectivity index (χ0) is 15.4. The molecule has 0 N–H and O–H groups in total. The summed E-state index contributed by atoms with van der Waals surface area (Å²) >= 11 is 0. The van der Waals surface area contributed by atoms with Crippen molar-refractivity contribution >= 4 is 5.97 Å². The van der Waals surface area contributed by atoms with Crippen molar-refractivity contribution in [3.05, 3.63) is 64.2 Å². The number of carbonyl (C=O) groups is 1. The average Bonchev–Trinajstić information content (AvgIpc) is 2.48. The Bertz CT molecular complexity index is 726. The Hall–Kier alpha value is -2.60. The second-order valence-corrected chi connectivity index (χ2v) is 5.08. The molecule has 0 saturated carbocycles. The van der Waals surface area contributed by atoms with E-state index in [0.717, 1.165) is 22.3 Å². The number of carbonyl (C=O) groups excluding carboxylic acids is 1. The molecule has 2 aromatic carbocycles. The van der Waals surface area contributed by atoms with Gasteiger partial charge in [0.15, 0.2) is 0 Å². The largest absolute Gasteiger partial charge is 0.422 e. The van der Waals surface area contributed by atoms with Crippen LogP contribution in [0.2, 0.25) is 0 Å². The average molecular weight is 279 g/mol. The summed E-state index contributed by atoms with van der Waals surface area (Å²) in [5.41, 5.74) is 4.26. The monoisotopic (exact) mass is 279 g/mol. The van der Waals surface area contributed by atoms with E-state index < -0.39 is 5.97 Å². The van der Waals surface area contributed by atoms with Gasteiger partial charge in [-0.25, -0.2) is 4.79 Å².